The second-order valence-electron chi connectivity index (χ2n) is 3.12. The number of hydrogen-bond donors (Lipinski definition) is 0. The molecular formula is C9H10FN3O2S. The van der Waals surface area contributed by atoms with Crippen LogP contribution in [-0.2, 0) is 10.0 Å². The summed E-state index contributed by atoms with van der Waals surface area (Å²) in [6.45, 7) is 1.40. The number of nitrogens with zero attached hydrogens (tertiary/aromatic N) is 3. The molecule has 1 heterocycles. The van der Waals surface area contributed by atoms with Crippen molar-refractivity contribution in [3.05, 3.63) is 24.1 Å². The number of rotatable bonds is 3. The number of aromatic nitrogens is 1. The van der Waals surface area contributed by atoms with Crippen molar-refractivity contribution >= 4 is 10.0 Å². The van der Waals surface area contributed by atoms with Gasteiger partial charge in [-0.15, -0.1) is 0 Å². The van der Waals surface area contributed by atoms with E-state index >= 15 is 0 Å². The quantitative estimate of drug-likeness (QED) is 0.785. The minimum atomic E-state index is -4.06. The van der Waals surface area contributed by atoms with Gasteiger partial charge in [0.25, 0.3) is 10.0 Å². The molecule has 0 aliphatic heterocycles. The van der Waals surface area contributed by atoms with E-state index in [1.54, 1.807) is 6.07 Å². The van der Waals surface area contributed by atoms with Crippen LogP contribution in [0.4, 0.5) is 4.39 Å². The first-order valence-electron chi connectivity index (χ1n) is 4.39. The lowest BCUT2D eigenvalue weighted by Crippen LogP contribution is -2.35. The highest BCUT2D eigenvalue weighted by atomic mass is 32.2. The third-order valence-corrected chi connectivity index (χ3v) is 3.94. The maximum atomic E-state index is 13.3. The fourth-order valence-electron chi connectivity index (χ4n) is 0.987. The highest BCUT2D eigenvalue weighted by molar-refractivity contribution is 7.89. The number of sulfonamides is 1. The van der Waals surface area contributed by atoms with Gasteiger partial charge in [-0.25, -0.2) is 17.8 Å². The Morgan fingerprint density at radius 1 is 1.62 bits per heavy atom. The molecule has 0 saturated carbocycles. The van der Waals surface area contributed by atoms with Crippen LogP contribution >= 0.6 is 0 Å². The van der Waals surface area contributed by atoms with E-state index in [0.29, 0.717) is 0 Å². The SMILES string of the molecule is CC(C#N)N(C)S(=O)(=O)c1ncccc1F. The van der Waals surface area contributed by atoms with Crippen molar-refractivity contribution in [1.82, 2.24) is 9.29 Å². The summed E-state index contributed by atoms with van der Waals surface area (Å²) < 4.78 is 37.7. The first-order valence-corrected chi connectivity index (χ1v) is 5.83. The van der Waals surface area contributed by atoms with Crippen LogP contribution < -0.4 is 0 Å². The molecule has 1 unspecified atom stereocenters. The van der Waals surface area contributed by atoms with Crippen LogP contribution in [0.2, 0.25) is 0 Å². The average Bonchev–Trinajstić information content (AvgIpc) is 2.27. The first kappa shape index (κ1) is 12.5. The summed E-state index contributed by atoms with van der Waals surface area (Å²) >= 11 is 0. The largest absolute Gasteiger partial charge is 0.264 e. The van der Waals surface area contributed by atoms with Crippen molar-refractivity contribution < 1.29 is 12.8 Å². The monoisotopic (exact) mass is 243 g/mol. The molecule has 0 aromatic carbocycles. The molecule has 1 rings (SSSR count). The molecule has 0 bridgehead atoms. The molecule has 0 saturated heterocycles. The number of pyridine rings is 1. The summed E-state index contributed by atoms with van der Waals surface area (Å²) in [6.07, 6.45) is 1.18. The van der Waals surface area contributed by atoms with Gasteiger partial charge in [0.2, 0.25) is 5.03 Å². The van der Waals surface area contributed by atoms with E-state index in [4.69, 9.17) is 5.26 Å². The van der Waals surface area contributed by atoms with E-state index in [-0.39, 0.29) is 0 Å². The Kier molecular flexibility index (Phi) is 3.57. The molecule has 1 aromatic rings. The van der Waals surface area contributed by atoms with Gasteiger partial charge in [-0.05, 0) is 19.1 Å². The minimum absolute atomic E-state index is 0.667. The zero-order valence-corrected chi connectivity index (χ0v) is 9.57. The van der Waals surface area contributed by atoms with Gasteiger partial charge in [0, 0.05) is 13.2 Å². The summed E-state index contributed by atoms with van der Waals surface area (Å²) in [5.41, 5.74) is 0. The normalized spacial score (nSPS) is 13.4. The molecule has 1 aromatic heterocycles. The molecule has 0 radical (unpaired) electrons. The van der Waals surface area contributed by atoms with Crippen LogP contribution in [0.25, 0.3) is 0 Å². The molecule has 0 spiro atoms. The number of hydrogen-bond acceptors (Lipinski definition) is 4. The average molecular weight is 243 g/mol. The maximum Gasteiger partial charge on any atom is 0.264 e. The summed E-state index contributed by atoms with van der Waals surface area (Å²) in [7, 11) is -2.85. The van der Waals surface area contributed by atoms with Crippen LogP contribution in [0.1, 0.15) is 6.92 Å². The molecule has 0 aliphatic carbocycles. The van der Waals surface area contributed by atoms with E-state index in [9.17, 15) is 12.8 Å². The van der Waals surface area contributed by atoms with Crippen molar-refractivity contribution in [1.29, 1.82) is 5.26 Å². The lowest BCUT2D eigenvalue weighted by Gasteiger charge is -2.18. The number of halogens is 1. The number of nitriles is 1. The lowest BCUT2D eigenvalue weighted by molar-refractivity contribution is 0.433. The highest BCUT2D eigenvalue weighted by Gasteiger charge is 2.29. The van der Waals surface area contributed by atoms with Crippen LogP contribution in [0.15, 0.2) is 23.4 Å². The van der Waals surface area contributed by atoms with Crippen LogP contribution in [0, 0.1) is 17.1 Å². The summed E-state index contributed by atoms with van der Waals surface area (Å²) in [5, 5.41) is 7.95. The zero-order valence-electron chi connectivity index (χ0n) is 8.75. The van der Waals surface area contributed by atoms with Crippen molar-refractivity contribution in [3.8, 4) is 6.07 Å². The Morgan fingerprint density at radius 3 is 2.75 bits per heavy atom. The topological polar surface area (TPSA) is 74.1 Å². The fraction of sp³-hybridized carbons (Fsp3) is 0.333. The van der Waals surface area contributed by atoms with Gasteiger partial charge in [-0.3, -0.25) is 0 Å². The predicted molar refractivity (Wildman–Crippen MR) is 54.2 cm³/mol. The Hall–Kier alpha value is -1.52. The van der Waals surface area contributed by atoms with Gasteiger partial charge < -0.3 is 0 Å². The third-order valence-electron chi connectivity index (χ3n) is 2.08. The van der Waals surface area contributed by atoms with Gasteiger partial charge in [-0.2, -0.15) is 9.57 Å². The Labute approximate surface area is 93.2 Å². The van der Waals surface area contributed by atoms with E-state index < -0.39 is 26.9 Å². The van der Waals surface area contributed by atoms with Crippen LogP contribution in [0.5, 0.6) is 0 Å². The molecule has 1 atom stereocenters. The van der Waals surface area contributed by atoms with Crippen molar-refractivity contribution in [3.63, 3.8) is 0 Å². The molecule has 0 aliphatic rings. The molecule has 0 amide bonds. The van der Waals surface area contributed by atoms with Gasteiger partial charge >= 0.3 is 0 Å². The molecule has 0 fully saturated rings. The van der Waals surface area contributed by atoms with Gasteiger partial charge in [0.05, 0.1) is 6.07 Å². The van der Waals surface area contributed by atoms with Crippen LogP contribution in [0.3, 0.4) is 0 Å². The van der Waals surface area contributed by atoms with Gasteiger partial charge in [-0.1, -0.05) is 0 Å². The fourth-order valence-corrected chi connectivity index (χ4v) is 2.23. The summed E-state index contributed by atoms with van der Waals surface area (Å²) in [5.74, 6) is -0.931. The molecule has 0 N–H and O–H groups in total. The molecular weight excluding hydrogens is 233 g/mol. The maximum absolute atomic E-state index is 13.3. The molecule has 5 nitrogen and oxygen atoms in total. The Morgan fingerprint density at radius 2 is 2.25 bits per heavy atom. The predicted octanol–water partition coefficient (Wildman–Crippen LogP) is 0.753. The van der Waals surface area contributed by atoms with Crippen molar-refractivity contribution in [2.75, 3.05) is 7.05 Å². The van der Waals surface area contributed by atoms with Crippen LogP contribution in [-0.4, -0.2) is 30.8 Å². The second kappa shape index (κ2) is 4.55. The van der Waals surface area contributed by atoms with Crippen molar-refractivity contribution in [2.24, 2.45) is 0 Å². The third kappa shape index (κ3) is 2.18. The van der Waals surface area contributed by atoms with E-state index in [1.165, 1.54) is 26.2 Å². The minimum Gasteiger partial charge on any atom is -0.241 e. The molecule has 86 valence electrons. The molecule has 7 heteroatoms. The highest BCUT2D eigenvalue weighted by Crippen LogP contribution is 2.16. The Bertz CT molecular complexity index is 524. The smallest absolute Gasteiger partial charge is 0.241 e. The Balaban J connectivity index is 3.24. The van der Waals surface area contributed by atoms with Crippen molar-refractivity contribution in [2.45, 2.75) is 18.0 Å². The van der Waals surface area contributed by atoms with Gasteiger partial charge in [0.15, 0.2) is 5.82 Å². The summed E-state index contributed by atoms with van der Waals surface area (Å²) in [4.78, 5) is 3.47. The zero-order chi connectivity index (χ0) is 12.3. The van der Waals surface area contributed by atoms with E-state index in [1.807, 2.05) is 0 Å². The van der Waals surface area contributed by atoms with E-state index in [2.05, 4.69) is 4.98 Å². The standard InChI is InChI=1S/C9H10FN3O2S/c1-7(6-11)13(2)16(14,15)9-8(10)4-3-5-12-9/h3-5,7H,1-2H3. The molecule has 16 heavy (non-hydrogen) atoms. The second-order valence-corrected chi connectivity index (χ2v) is 5.03. The van der Waals surface area contributed by atoms with E-state index in [0.717, 1.165) is 10.4 Å². The summed E-state index contributed by atoms with van der Waals surface area (Å²) in [6, 6.07) is 3.17. The lowest BCUT2D eigenvalue weighted by atomic mass is 10.4. The first-order chi connectivity index (χ1) is 7.41. The van der Waals surface area contributed by atoms with Gasteiger partial charge in [0.1, 0.15) is 6.04 Å².